The van der Waals surface area contributed by atoms with Gasteiger partial charge in [0.2, 0.25) is 5.91 Å². The molecule has 26 heavy (non-hydrogen) atoms. The van der Waals surface area contributed by atoms with Crippen molar-refractivity contribution >= 4 is 23.4 Å². The second-order valence-corrected chi connectivity index (χ2v) is 6.57. The van der Waals surface area contributed by atoms with Gasteiger partial charge in [-0.3, -0.25) is 14.4 Å². The maximum Gasteiger partial charge on any atom is 0.290 e. The van der Waals surface area contributed by atoms with E-state index in [1.807, 2.05) is 32.9 Å². The third-order valence-corrected chi connectivity index (χ3v) is 4.78. The van der Waals surface area contributed by atoms with E-state index in [4.69, 9.17) is 4.42 Å². The number of amides is 3. The van der Waals surface area contributed by atoms with Gasteiger partial charge in [0.25, 0.3) is 11.8 Å². The molecule has 0 radical (unpaired) electrons. The summed E-state index contributed by atoms with van der Waals surface area (Å²) in [5, 5.41) is 0. The molecule has 1 saturated heterocycles. The van der Waals surface area contributed by atoms with Crippen LogP contribution in [0.15, 0.2) is 47.1 Å². The van der Waals surface area contributed by atoms with Gasteiger partial charge in [-0.15, -0.1) is 0 Å². The third-order valence-electron chi connectivity index (χ3n) is 4.78. The summed E-state index contributed by atoms with van der Waals surface area (Å²) >= 11 is 0. The molecule has 2 unspecified atom stereocenters. The predicted molar refractivity (Wildman–Crippen MR) is 96.7 cm³/mol. The number of imide groups is 1. The first kappa shape index (κ1) is 17.9. The third kappa shape index (κ3) is 3.14. The molecule has 0 spiro atoms. The number of benzene rings is 1. The minimum Gasteiger partial charge on any atom is -0.459 e. The molecule has 0 N–H and O–H groups in total. The molecule has 1 aromatic carbocycles. The van der Waals surface area contributed by atoms with Crippen LogP contribution in [0.5, 0.6) is 0 Å². The molecule has 0 aliphatic carbocycles. The zero-order valence-electron chi connectivity index (χ0n) is 15.1. The SMILES string of the molecule is CCC(C)N(C(=O)c1ccco1)C1CC(=O)N(c2ccc(C)cc2)C1=O. The molecule has 6 heteroatoms. The van der Waals surface area contributed by atoms with Gasteiger partial charge in [0.05, 0.1) is 18.4 Å². The van der Waals surface area contributed by atoms with E-state index in [-0.39, 0.29) is 35.9 Å². The van der Waals surface area contributed by atoms with Gasteiger partial charge in [-0.1, -0.05) is 24.6 Å². The minimum atomic E-state index is -0.823. The molecular formula is C20H22N2O4. The molecule has 1 aromatic heterocycles. The Bertz CT molecular complexity index is 811. The van der Waals surface area contributed by atoms with Crippen LogP contribution in [0.25, 0.3) is 0 Å². The topological polar surface area (TPSA) is 70.8 Å². The molecular weight excluding hydrogens is 332 g/mol. The average Bonchev–Trinajstić information content (AvgIpc) is 3.25. The van der Waals surface area contributed by atoms with Gasteiger partial charge in [0.15, 0.2) is 5.76 Å². The molecule has 3 rings (SSSR count). The van der Waals surface area contributed by atoms with Crippen LogP contribution in [0, 0.1) is 6.92 Å². The highest BCUT2D eigenvalue weighted by Gasteiger charge is 2.46. The van der Waals surface area contributed by atoms with Gasteiger partial charge < -0.3 is 9.32 Å². The maximum atomic E-state index is 13.0. The molecule has 1 fully saturated rings. The van der Waals surface area contributed by atoms with Crippen molar-refractivity contribution in [3.8, 4) is 0 Å². The quantitative estimate of drug-likeness (QED) is 0.773. The monoisotopic (exact) mass is 354 g/mol. The van der Waals surface area contributed by atoms with Crippen LogP contribution < -0.4 is 4.90 Å². The van der Waals surface area contributed by atoms with Crippen molar-refractivity contribution < 1.29 is 18.8 Å². The summed E-state index contributed by atoms with van der Waals surface area (Å²) < 4.78 is 5.22. The number of nitrogens with zero attached hydrogens (tertiary/aromatic N) is 2. The van der Waals surface area contributed by atoms with Crippen molar-refractivity contribution in [2.75, 3.05) is 4.90 Å². The summed E-state index contributed by atoms with van der Waals surface area (Å²) in [4.78, 5) is 41.1. The Balaban J connectivity index is 1.93. The lowest BCUT2D eigenvalue weighted by Gasteiger charge is -2.32. The fraction of sp³-hybridized carbons (Fsp3) is 0.350. The summed E-state index contributed by atoms with van der Waals surface area (Å²) in [5.74, 6) is -0.885. The molecule has 2 atom stereocenters. The lowest BCUT2D eigenvalue weighted by molar-refractivity contribution is -0.122. The van der Waals surface area contributed by atoms with Gasteiger partial charge in [0, 0.05) is 6.04 Å². The predicted octanol–water partition coefficient (Wildman–Crippen LogP) is 3.16. The highest BCUT2D eigenvalue weighted by atomic mass is 16.3. The number of carbonyl (C=O) groups is 3. The molecule has 0 bridgehead atoms. The molecule has 2 aromatic rings. The normalized spacial score (nSPS) is 18.3. The van der Waals surface area contributed by atoms with Crippen LogP contribution >= 0.6 is 0 Å². The summed E-state index contributed by atoms with van der Waals surface area (Å²) in [6.07, 6.45) is 2.06. The molecule has 0 saturated carbocycles. The van der Waals surface area contributed by atoms with E-state index < -0.39 is 6.04 Å². The Hall–Kier alpha value is -2.89. The number of anilines is 1. The molecule has 1 aliphatic rings. The van der Waals surface area contributed by atoms with E-state index >= 15 is 0 Å². The first-order valence-electron chi connectivity index (χ1n) is 8.73. The molecule has 6 nitrogen and oxygen atoms in total. The number of hydrogen-bond donors (Lipinski definition) is 0. The van der Waals surface area contributed by atoms with E-state index in [2.05, 4.69) is 0 Å². The molecule has 2 heterocycles. The van der Waals surface area contributed by atoms with Crippen LogP contribution in [0.1, 0.15) is 42.8 Å². The van der Waals surface area contributed by atoms with E-state index in [0.717, 1.165) is 5.56 Å². The van der Waals surface area contributed by atoms with Crippen molar-refractivity contribution in [2.45, 2.75) is 45.7 Å². The molecule has 3 amide bonds. The number of carbonyl (C=O) groups excluding carboxylic acids is 3. The first-order valence-corrected chi connectivity index (χ1v) is 8.73. The fourth-order valence-corrected chi connectivity index (χ4v) is 3.17. The van der Waals surface area contributed by atoms with Crippen molar-refractivity contribution in [1.82, 2.24) is 4.90 Å². The maximum absolute atomic E-state index is 13.0. The molecule has 1 aliphatic heterocycles. The van der Waals surface area contributed by atoms with Crippen LogP contribution in [0.2, 0.25) is 0 Å². The number of furan rings is 1. The van der Waals surface area contributed by atoms with Gasteiger partial charge >= 0.3 is 0 Å². The second kappa shape index (κ2) is 7.15. The lowest BCUT2D eigenvalue weighted by atomic mass is 10.1. The largest absolute Gasteiger partial charge is 0.459 e. The standard InChI is InChI=1S/C20H22N2O4/c1-4-14(3)21(20(25)17-6-5-11-26-17)16-12-18(23)22(19(16)24)15-9-7-13(2)8-10-15/h5-11,14,16H,4,12H2,1-3H3. The average molecular weight is 354 g/mol. The summed E-state index contributed by atoms with van der Waals surface area (Å²) in [6.45, 7) is 5.74. The summed E-state index contributed by atoms with van der Waals surface area (Å²) in [6, 6.07) is 9.36. The van der Waals surface area contributed by atoms with Gasteiger partial charge in [0.1, 0.15) is 6.04 Å². The Kier molecular flexibility index (Phi) is 4.93. The van der Waals surface area contributed by atoms with Crippen LogP contribution in [-0.2, 0) is 9.59 Å². The number of hydrogen-bond acceptors (Lipinski definition) is 4. The Morgan fingerprint density at radius 3 is 2.54 bits per heavy atom. The van der Waals surface area contributed by atoms with Crippen molar-refractivity contribution in [3.05, 3.63) is 54.0 Å². The lowest BCUT2D eigenvalue weighted by Crippen LogP contribution is -2.49. The van der Waals surface area contributed by atoms with E-state index in [0.29, 0.717) is 12.1 Å². The smallest absolute Gasteiger partial charge is 0.290 e. The van der Waals surface area contributed by atoms with Gasteiger partial charge in [-0.2, -0.15) is 0 Å². The summed E-state index contributed by atoms with van der Waals surface area (Å²) in [5.41, 5.74) is 1.57. The second-order valence-electron chi connectivity index (χ2n) is 6.57. The minimum absolute atomic E-state index is 0.0243. The molecule has 136 valence electrons. The van der Waals surface area contributed by atoms with Gasteiger partial charge in [-0.25, -0.2) is 4.90 Å². The highest BCUT2D eigenvalue weighted by molar-refractivity contribution is 6.23. The fourth-order valence-electron chi connectivity index (χ4n) is 3.17. The van der Waals surface area contributed by atoms with Crippen LogP contribution in [0.3, 0.4) is 0 Å². The number of rotatable bonds is 5. The van der Waals surface area contributed by atoms with E-state index in [1.165, 1.54) is 16.1 Å². The summed E-state index contributed by atoms with van der Waals surface area (Å²) in [7, 11) is 0. The Morgan fingerprint density at radius 2 is 1.96 bits per heavy atom. The zero-order chi connectivity index (χ0) is 18.8. The van der Waals surface area contributed by atoms with Crippen molar-refractivity contribution in [1.29, 1.82) is 0 Å². The van der Waals surface area contributed by atoms with Crippen molar-refractivity contribution in [3.63, 3.8) is 0 Å². The van der Waals surface area contributed by atoms with E-state index in [9.17, 15) is 14.4 Å². The van der Waals surface area contributed by atoms with Crippen molar-refractivity contribution in [2.24, 2.45) is 0 Å². The highest BCUT2D eigenvalue weighted by Crippen LogP contribution is 2.28. The van der Waals surface area contributed by atoms with Crippen LogP contribution in [0.4, 0.5) is 5.69 Å². The van der Waals surface area contributed by atoms with E-state index in [1.54, 1.807) is 24.3 Å². The first-order chi connectivity index (χ1) is 12.4. The number of aryl methyl sites for hydroxylation is 1. The Morgan fingerprint density at radius 1 is 1.27 bits per heavy atom. The zero-order valence-corrected chi connectivity index (χ0v) is 15.1. The Labute approximate surface area is 152 Å². The van der Waals surface area contributed by atoms with Gasteiger partial charge in [-0.05, 0) is 44.5 Å². The van der Waals surface area contributed by atoms with Crippen LogP contribution in [-0.4, -0.2) is 34.7 Å².